The Balaban J connectivity index is 2.34. The molecule has 0 saturated carbocycles. The third-order valence-electron chi connectivity index (χ3n) is 13.9. The summed E-state index contributed by atoms with van der Waals surface area (Å²) < 4.78 is 47.8. The van der Waals surface area contributed by atoms with Crippen LogP contribution < -0.4 is 5.32 Å². The molecule has 0 aromatic carbocycles. The molecule has 1 rings (SSSR count). The van der Waals surface area contributed by atoms with E-state index in [1.54, 1.807) is 6.08 Å². The second kappa shape index (κ2) is 48.0. The van der Waals surface area contributed by atoms with Crippen LogP contribution in [0.2, 0.25) is 0 Å². The van der Waals surface area contributed by atoms with Gasteiger partial charge in [0.25, 0.3) is 0 Å². The Labute approximate surface area is 435 Å². The topological polar surface area (TPSA) is 192 Å². The van der Waals surface area contributed by atoms with Crippen molar-refractivity contribution in [1.82, 2.24) is 5.32 Å². The predicted molar refractivity (Wildman–Crippen MR) is 292 cm³/mol. The summed E-state index contributed by atoms with van der Waals surface area (Å²) in [5, 5.41) is 45.0. The number of aliphatic hydroxyl groups excluding tert-OH is 4. The van der Waals surface area contributed by atoms with E-state index in [4.69, 9.17) is 9.47 Å². The summed E-state index contributed by atoms with van der Waals surface area (Å²) in [4.78, 5) is 13.1. The van der Waals surface area contributed by atoms with Crippen LogP contribution in [0, 0.1) is 0 Å². The van der Waals surface area contributed by atoms with Gasteiger partial charge in [0.1, 0.15) is 24.4 Å². The van der Waals surface area contributed by atoms with Crippen LogP contribution in [0.25, 0.3) is 0 Å². The lowest BCUT2D eigenvalue weighted by atomic mass is 9.99. The first-order valence-electron chi connectivity index (χ1n) is 29.4. The van der Waals surface area contributed by atoms with E-state index in [1.807, 2.05) is 6.08 Å². The zero-order chi connectivity index (χ0) is 51.9. The SMILES string of the molecule is CCCCCCCCCCC/C=C\C/C=C\CCCCCCCCCCCCCC(=O)NC(COC1OC(CO)C(O)C(OS(=O)(=O)O)C1O)C(O)/C=C/CCCCCCCCCCCCCCCCC. The second-order valence-corrected chi connectivity index (χ2v) is 21.6. The number of nitrogens with one attached hydrogen (secondary N) is 1. The Morgan fingerprint density at radius 1 is 0.563 bits per heavy atom. The molecule has 0 aromatic heterocycles. The Bertz CT molecular complexity index is 1390. The molecule has 0 aliphatic carbocycles. The van der Waals surface area contributed by atoms with Crippen molar-refractivity contribution in [2.75, 3.05) is 13.2 Å². The van der Waals surface area contributed by atoms with Crippen molar-refractivity contribution < 1.29 is 51.8 Å². The zero-order valence-electron chi connectivity index (χ0n) is 45.3. The predicted octanol–water partition coefficient (Wildman–Crippen LogP) is 13.8. The largest absolute Gasteiger partial charge is 0.397 e. The number of hydrogen-bond donors (Lipinski definition) is 6. The third kappa shape index (κ3) is 40.3. The minimum absolute atomic E-state index is 0.262. The number of rotatable bonds is 51. The molecule has 1 aliphatic heterocycles. The molecule has 1 fully saturated rings. The number of ether oxygens (including phenoxy) is 2. The highest BCUT2D eigenvalue weighted by Gasteiger charge is 2.48. The van der Waals surface area contributed by atoms with Crippen LogP contribution in [0.4, 0.5) is 0 Å². The minimum Gasteiger partial charge on any atom is -0.394 e. The molecule has 1 aliphatic rings. The Morgan fingerprint density at radius 3 is 1.34 bits per heavy atom. The van der Waals surface area contributed by atoms with Gasteiger partial charge in [-0.25, -0.2) is 4.18 Å². The first kappa shape index (κ1) is 67.3. The van der Waals surface area contributed by atoms with Crippen LogP contribution in [0.15, 0.2) is 36.5 Å². The quantitative estimate of drug-likeness (QED) is 0.0193. The molecule has 1 heterocycles. The molecule has 13 heteroatoms. The number of unbranched alkanes of at least 4 members (excludes halogenated alkanes) is 35. The van der Waals surface area contributed by atoms with Crippen molar-refractivity contribution in [2.24, 2.45) is 0 Å². The van der Waals surface area contributed by atoms with Crippen LogP contribution in [-0.2, 0) is 28.9 Å². The van der Waals surface area contributed by atoms with E-state index in [1.165, 1.54) is 199 Å². The van der Waals surface area contributed by atoms with Crippen LogP contribution in [0.1, 0.15) is 271 Å². The van der Waals surface area contributed by atoms with E-state index in [-0.39, 0.29) is 18.9 Å². The van der Waals surface area contributed by atoms with Gasteiger partial charge in [0, 0.05) is 6.42 Å². The molecule has 1 saturated heterocycles. The van der Waals surface area contributed by atoms with Crippen molar-refractivity contribution in [3.05, 3.63) is 36.5 Å². The van der Waals surface area contributed by atoms with Gasteiger partial charge in [-0.3, -0.25) is 9.35 Å². The van der Waals surface area contributed by atoms with Gasteiger partial charge in [0.15, 0.2) is 6.29 Å². The van der Waals surface area contributed by atoms with Gasteiger partial charge < -0.3 is 35.2 Å². The molecular formula is C58H109NO11S. The molecule has 12 nitrogen and oxygen atoms in total. The first-order valence-corrected chi connectivity index (χ1v) is 30.7. The average Bonchev–Trinajstić information content (AvgIpc) is 3.34. The maximum atomic E-state index is 13.1. The summed E-state index contributed by atoms with van der Waals surface area (Å²) in [6.07, 6.45) is 51.9. The van der Waals surface area contributed by atoms with Crippen molar-refractivity contribution in [1.29, 1.82) is 0 Å². The molecule has 6 N–H and O–H groups in total. The summed E-state index contributed by atoms with van der Waals surface area (Å²) in [5.41, 5.74) is 0. The van der Waals surface area contributed by atoms with Gasteiger partial charge in [0.2, 0.25) is 5.91 Å². The van der Waals surface area contributed by atoms with Gasteiger partial charge in [-0.15, -0.1) is 0 Å². The monoisotopic (exact) mass is 1030 g/mol. The fourth-order valence-electron chi connectivity index (χ4n) is 9.37. The number of amides is 1. The smallest absolute Gasteiger partial charge is 0.394 e. The molecule has 71 heavy (non-hydrogen) atoms. The average molecular weight is 1030 g/mol. The number of aliphatic hydroxyl groups is 4. The van der Waals surface area contributed by atoms with Gasteiger partial charge in [-0.2, -0.15) is 8.42 Å². The van der Waals surface area contributed by atoms with E-state index in [0.29, 0.717) is 6.42 Å². The zero-order valence-corrected chi connectivity index (χ0v) is 46.1. The summed E-state index contributed by atoms with van der Waals surface area (Å²) in [6, 6.07) is -0.946. The van der Waals surface area contributed by atoms with E-state index in [9.17, 15) is 38.2 Å². The van der Waals surface area contributed by atoms with E-state index in [2.05, 4.69) is 47.7 Å². The summed E-state index contributed by atoms with van der Waals surface area (Å²) >= 11 is 0. The molecule has 1 amide bonds. The summed E-state index contributed by atoms with van der Waals surface area (Å²) in [6.45, 7) is 3.42. The fourth-order valence-corrected chi connectivity index (χ4v) is 9.88. The molecule has 0 aromatic rings. The Kier molecular flexibility index (Phi) is 45.5. The number of carbonyl (C=O) groups excluding carboxylic acids is 1. The van der Waals surface area contributed by atoms with Crippen LogP contribution in [0.5, 0.6) is 0 Å². The van der Waals surface area contributed by atoms with Gasteiger partial charge in [-0.05, 0) is 51.4 Å². The van der Waals surface area contributed by atoms with E-state index < -0.39 is 59.9 Å². The molecule has 0 bridgehead atoms. The van der Waals surface area contributed by atoms with E-state index in [0.717, 1.165) is 44.9 Å². The number of carbonyl (C=O) groups is 1. The van der Waals surface area contributed by atoms with Crippen LogP contribution in [-0.4, -0.2) is 95.4 Å². The molecule has 7 atom stereocenters. The highest BCUT2D eigenvalue weighted by molar-refractivity contribution is 7.80. The highest BCUT2D eigenvalue weighted by atomic mass is 32.3. The summed E-state index contributed by atoms with van der Waals surface area (Å²) in [5.74, 6) is -0.262. The molecular weight excluding hydrogens is 919 g/mol. The standard InChI is InChI=1S/C58H109NO11S/c1-3-5-7-9-11-13-15-17-19-21-22-23-24-25-26-27-28-29-30-32-34-36-38-40-42-44-46-48-54(62)59-51(50-68-58-56(64)57(70-71(65,66)67)55(63)53(49-60)69-58)52(61)47-45-43-41-39-37-35-33-31-20-18-16-14-12-10-8-6-4-2/h22-23,25-26,45,47,51-53,55-58,60-61,63-64H,3-21,24,27-44,46,48-50H2,1-2H3,(H,59,62)(H,65,66,67)/b23-22-,26-25-,47-45+. The van der Waals surface area contributed by atoms with Crippen LogP contribution >= 0.6 is 0 Å². The maximum absolute atomic E-state index is 13.1. The molecule has 418 valence electrons. The number of allylic oxidation sites excluding steroid dienone is 5. The van der Waals surface area contributed by atoms with E-state index >= 15 is 0 Å². The lowest BCUT2D eigenvalue weighted by Crippen LogP contribution is -2.61. The molecule has 7 unspecified atom stereocenters. The van der Waals surface area contributed by atoms with Crippen LogP contribution in [0.3, 0.4) is 0 Å². The van der Waals surface area contributed by atoms with Gasteiger partial charge in [0.05, 0.1) is 25.4 Å². The van der Waals surface area contributed by atoms with Crippen molar-refractivity contribution >= 4 is 16.3 Å². The van der Waals surface area contributed by atoms with Crippen molar-refractivity contribution in [2.45, 2.75) is 314 Å². The molecule has 0 radical (unpaired) electrons. The maximum Gasteiger partial charge on any atom is 0.397 e. The first-order chi connectivity index (χ1) is 34.5. The normalized spacial score (nSPS) is 19.7. The minimum atomic E-state index is -5.09. The lowest BCUT2D eigenvalue weighted by Gasteiger charge is -2.41. The van der Waals surface area contributed by atoms with Crippen molar-refractivity contribution in [3.8, 4) is 0 Å². The highest BCUT2D eigenvalue weighted by Crippen LogP contribution is 2.26. The second-order valence-electron chi connectivity index (χ2n) is 20.6. The lowest BCUT2D eigenvalue weighted by molar-refractivity contribution is -0.298. The fraction of sp³-hybridized carbons (Fsp3) is 0.879. The van der Waals surface area contributed by atoms with Gasteiger partial charge in [-0.1, -0.05) is 249 Å². The number of hydrogen-bond acceptors (Lipinski definition) is 10. The van der Waals surface area contributed by atoms with Gasteiger partial charge >= 0.3 is 10.4 Å². The Hall–Kier alpha value is -1.68. The molecule has 0 spiro atoms. The summed E-state index contributed by atoms with van der Waals surface area (Å²) in [7, 11) is -5.09. The third-order valence-corrected chi connectivity index (χ3v) is 14.4. The Morgan fingerprint density at radius 2 is 0.944 bits per heavy atom. The van der Waals surface area contributed by atoms with Crippen molar-refractivity contribution in [3.63, 3.8) is 0 Å².